The zero-order valence-electron chi connectivity index (χ0n) is 15.5. The van der Waals surface area contributed by atoms with Gasteiger partial charge in [-0.25, -0.2) is 4.98 Å². The summed E-state index contributed by atoms with van der Waals surface area (Å²) in [5.74, 6) is 1.07. The number of halogens is 2. The molecule has 4 N–H and O–H groups in total. The summed E-state index contributed by atoms with van der Waals surface area (Å²) in [6, 6.07) is 7.61. The Bertz CT molecular complexity index is 784. The molecule has 0 spiro atoms. The minimum absolute atomic E-state index is 0. The van der Waals surface area contributed by atoms with E-state index in [9.17, 15) is 4.79 Å². The molecule has 0 unspecified atom stereocenters. The molecule has 27 heavy (non-hydrogen) atoms. The first-order chi connectivity index (χ1) is 12.0. The van der Waals surface area contributed by atoms with Gasteiger partial charge in [0.25, 0.3) is 5.91 Å². The molecule has 3 rings (SSSR count). The van der Waals surface area contributed by atoms with Crippen LogP contribution in [0, 0.1) is 0 Å². The summed E-state index contributed by atoms with van der Waals surface area (Å²) < 4.78 is 0. The minimum Gasteiger partial charge on any atom is -0.368 e. The van der Waals surface area contributed by atoms with Crippen molar-refractivity contribution in [1.82, 2.24) is 20.2 Å². The molecule has 0 aliphatic carbocycles. The maximum absolute atomic E-state index is 12.1. The van der Waals surface area contributed by atoms with E-state index in [0.717, 1.165) is 48.6 Å². The van der Waals surface area contributed by atoms with Gasteiger partial charge in [-0.2, -0.15) is 4.98 Å². The van der Waals surface area contributed by atoms with Crippen molar-refractivity contribution in [3.8, 4) is 0 Å². The number of rotatable bonds is 4. The van der Waals surface area contributed by atoms with Crippen molar-refractivity contribution in [1.29, 1.82) is 0 Å². The highest BCUT2D eigenvalue weighted by Gasteiger charge is 2.16. The van der Waals surface area contributed by atoms with Gasteiger partial charge in [0.05, 0.1) is 5.69 Å². The summed E-state index contributed by atoms with van der Waals surface area (Å²) in [5.41, 5.74) is 9.70. The molecule has 2 aromatic rings. The van der Waals surface area contributed by atoms with Gasteiger partial charge in [0, 0.05) is 44.7 Å². The lowest BCUT2D eigenvalue weighted by molar-refractivity contribution is 0.0827. The van der Waals surface area contributed by atoms with E-state index in [1.165, 1.54) is 0 Å². The fraction of sp³-hybridized carbons (Fsp3) is 0.389. The van der Waals surface area contributed by atoms with E-state index in [1.54, 1.807) is 19.0 Å². The zero-order valence-corrected chi connectivity index (χ0v) is 17.1. The first-order valence-electron chi connectivity index (χ1n) is 8.45. The SMILES string of the molecule is CN(C)C(=O)c1cccc(CNc2nc(N)nc3c2CCNCC3)c1.Cl.Cl. The average molecular weight is 413 g/mol. The van der Waals surface area contributed by atoms with Gasteiger partial charge in [0.2, 0.25) is 5.95 Å². The fourth-order valence-corrected chi connectivity index (χ4v) is 2.97. The molecule has 148 valence electrons. The van der Waals surface area contributed by atoms with Gasteiger partial charge >= 0.3 is 0 Å². The summed E-state index contributed by atoms with van der Waals surface area (Å²) in [7, 11) is 3.50. The molecule has 0 atom stereocenters. The number of amides is 1. The molecule has 1 aromatic heterocycles. The number of carbonyl (C=O) groups is 1. The largest absolute Gasteiger partial charge is 0.368 e. The van der Waals surface area contributed by atoms with Gasteiger partial charge in [-0.3, -0.25) is 4.79 Å². The van der Waals surface area contributed by atoms with E-state index in [2.05, 4.69) is 20.6 Å². The maximum atomic E-state index is 12.1. The van der Waals surface area contributed by atoms with Crippen LogP contribution in [0.25, 0.3) is 0 Å². The molecule has 9 heteroatoms. The van der Waals surface area contributed by atoms with Crippen LogP contribution in [0.15, 0.2) is 24.3 Å². The molecular weight excluding hydrogens is 387 g/mol. The highest BCUT2D eigenvalue weighted by molar-refractivity contribution is 5.94. The third-order valence-electron chi connectivity index (χ3n) is 4.24. The first-order valence-corrected chi connectivity index (χ1v) is 8.45. The van der Waals surface area contributed by atoms with Crippen LogP contribution < -0.4 is 16.4 Å². The lowest BCUT2D eigenvalue weighted by atomic mass is 10.1. The predicted molar refractivity (Wildman–Crippen MR) is 113 cm³/mol. The molecule has 1 aromatic carbocycles. The molecule has 2 heterocycles. The zero-order chi connectivity index (χ0) is 17.8. The van der Waals surface area contributed by atoms with Gasteiger partial charge in [-0.05, 0) is 30.7 Å². The molecule has 0 bridgehead atoms. The Labute approximate surface area is 172 Å². The number of benzene rings is 1. The topological polar surface area (TPSA) is 96.2 Å². The van der Waals surface area contributed by atoms with Crippen LogP contribution >= 0.6 is 24.8 Å². The van der Waals surface area contributed by atoms with Crippen molar-refractivity contribution in [2.45, 2.75) is 19.4 Å². The summed E-state index contributed by atoms with van der Waals surface area (Å²) in [6.45, 7) is 2.38. The Balaban J connectivity index is 0.00000182. The normalized spacial score (nSPS) is 12.7. The first kappa shape index (κ1) is 23.0. The van der Waals surface area contributed by atoms with Crippen LogP contribution in [-0.2, 0) is 19.4 Å². The van der Waals surface area contributed by atoms with Crippen LogP contribution in [0.2, 0.25) is 0 Å². The number of anilines is 2. The Morgan fingerprint density at radius 1 is 1.22 bits per heavy atom. The number of hydrogen-bond acceptors (Lipinski definition) is 6. The van der Waals surface area contributed by atoms with E-state index >= 15 is 0 Å². The lowest BCUT2D eigenvalue weighted by Gasteiger charge is -2.14. The summed E-state index contributed by atoms with van der Waals surface area (Å²) in [6.07, 6.45) is 1.72. The number of aromatic nitrogens is 2. The molecule has 1 aliphatic heterocycles. The Morgan fingerprint density at radius 2 is 1.96 bits per heavy atom. The van der Waals surface area contributed by atoms with Gasteiger partial charge in [0.1, 0.15) is 5.82 Å². The average Bonchev–Trinajstić information content (AvgIpc) is 2.84. The van der Waals surface area contributed by atoms with Crippen molar-refractivity contribution in [3.05, 3.63) is 46.6 Å². The van der Waals surface area contributed by atoms with E-state index in [-0.39, 0.29) is 30.7 Å². The van der Waals surface area contributed by atoms with Crippen LogP contribution in [0.1, 0.15) is 27.2 Å². The highest BCUT2D eigenvalue weighted by atomic mass is 35.5. The summed E-state index contributed by atoms with van der Waals surface area (Å²) in [5, 5.41) is 6.74. The molecule has 1 aliphatic rings. The van der Waals surface area contributed by atoms with Gasteiger partial charge in [0.15, 0.2) is 0 Å². The standard InChI is InChI=1S/C18H24N6O.2ClH/c1-24(2)17(25)13-5-3-4-12(10-13)11-21-16-14-6-8-20-9-7-15(14)22-18(19)23-16;;/h3-5,10,20H,6-9,11H2,1-2H3,(H3,19,21,22,23);2*1H. The minimum atomic E-state index is -0.00641. The van der Waals surface area contributed by atoms with Gasteiger partial charge < -0.3 is 21.3 Å². The van der Waals surface area contributed by atoms with Crippen molar-refractivity contribution >= 4 is 42.5 Å². The van der Waals surface area contributed by atoms with E-state index < -0.39 is 0 Å². The maximum Gasteiger partial charge on any atom is 0.253 e. The van der Waals surface area contributed by atoms with E-state index in [0.29, 0.717) is 18.1 Å². The lowest BCUT2D eigenvalue weighted by Crippen LogP contribution is -2.21. The second-order valence-electron chi connectivity index (χ2n) is 6.36. The Morgan fingerprint density at radius 3 is 2.70 bits per heavy atom. The monoisotopic (exact) mass is 412 g/mol. The number of hydrogen-bond donors (Lipinski definition) is 3. The van der Waals surface area contributed by atoms with Crippen molar-refractivity contribution < 1.29 is 4.79 Å². The van der Waals surface area contributed by atoms with Crippen molar-refractivity contribution in [2.24, 2.45) is 0 Å². The number of fused-ring (bicyclic) bond motifs is 1. The second kappa shape index (κ2) is 10.3. The molecular formula is C18H26Cl2N6O. The molecule has 7 nitrogen and oxygen atoms in total. The third-order valence-corrected chi connectivity index (χ3v) is 4.24. The number of nitrogens with one attached hydrogen (secondary N) is 2. The van der Waals surface area contributed by atoms with Crippen LogP contribution in [-0.4, -0.2) is 48.0 Å². The van der Waals surface area contributed by atoms with Crippen LogP contribution in [0.3, 0.4) is 0 Å². The van der Waals surface area contributed by atoms with Crippen LogP contribution in [0.5, 0.6) is 0 Å². The molecule has 1 amide bonds. The third kappa shape index (κ3) is 5.69. The number of nitrogens with two attached hydrogens (primary N) is 1. The van der Waals surface area contributed by atoms with E-state index in [4.69, 9.17) is 5.73 Å². The molecule has 0 fully saturated rings. The van der Waals surface area contributed by atoms with Gasteiger partial charge in [-0.1, -0.05) is 12.1 Å². The van der Waals surface area contributed by atoms with Crippen molar-refractivity contribution in [3.63, 3.8) is 0 Å². The Kier molecular flexibility index (Phi) is 8.75. The summed E-state index contributed by atoms with van der Waals surface area (Å²) >= 11 is 0. The quantitative estimate of drug-likeness (QED) is 0.709. The molecule has 0 saturated carbocycles. The van der Waals surface area contributed by atoms with Crippen molar-refractivity contribution in [2.75, 3.05) is 38.2 Å². The molecule has 0 saturated heterocycles. The van der Waals surface area contributed by atoms with Gasteiger partial charge in [-0.15, -0.1) is 24.8 Å². The smallest absolute Gasteiger partial charge is 0.253 e. The van der Waals surface area contributed by atoms with Crippen LogP contribution in [0.4, 0.5) is 11.8 Å². The predicted octanol–water partition coefficient (Wildman–Crippen LogP) is 1.90. The number of carbonyl (C=O) groups excluding carboxylic acids is 1. The van der Waals surface area contributed by atoms with E-state index in [1.807, 2.05) is 24.3 Å². The second-order valence-corrected chi connectivity index (χ2v) is 6.36. The molecule has 0 radical (unpaired) electrons. The summed E-state index contributed by atoms with van der Waals surface area (Å²) in [4.78, 5) is 22.4. The fourth-order valence-electron chi connectivity index (χ4n) is 2.97. The highest BCUT2D eigenvalue weighted by Crippen LogP contribution is 2.21. The Hall–Kier alpha value is -2.09. The number of nitrogen functional groups attached to an aromatic ring is 1. The number of nitrogens with zero attached hydrogens (tertiary/aromatic N) is 3.